The van der Waals surface area contributed by atoms with Crippen molar-refractivity contribution in [1.29, 1.82) is 0 Å². The SMILES string of the molecule is CCCc1cc(NC(=O)c2ccc(OC(F)F)cc2)n[nH]1. The van der Waals surface area contributed by atoms with E-state index in [2.05, 4.69) is 20.3 Å². The molecule has 0 atom stereocenters. The topological polar surface area (TPSA) is 67.0 Å². The normalized spacial score (nSPS) is 10.7. The number of hydrogen-bond acceptors (Lipinski definition) is 3. The Hall–Kier alpha value is -2.44. The minimum absolute atomic E-state index is 0.00607. The lowest BCUT2D eigenvalue weighted by Crippen LogP contribution is -2.12. The van der Waals surface area contributed by atoms with Crippen LogP contribution in [0.25, 0.3) is 0 Å². The summed E-state index contributed by atoms with van der Waals surface area (Å²) in [4.78, 5) is 12.0. The summed E-state index contributed by atoms with van der Waals surface area (Å²) in [5, 5.41) is 9.43. The quantitative estimate of drug-likeness (QED) is 0.860. The summed E-state index contributed by atoms with van der Waals surface area (Å²) >= 11 is 0. The molecule has 0 aliphatic heterocycles. The van der Waals surface area contributed by atoms with Crippen LogP contribution in [0.4, 0.5) is 14.6 Å². The molecule has 1 aromatic heterocycles. The molecule has 21 heavy (non-hydrogen) atoms. The lowest BCUT2D eigenvalue weighted by Gasteiger charge is -2.05. The Balaban J connectivity index is 1.99. The standard InChI is InChI=1S/C14H15F2N3O2/c1-2-3-10-8-12(19-18-10)17-13(20)9-4-6-11(7-5-9)21-14(15)16/h4-8,14H,2-3H2,1H3,(H2,17,18,19,20). The Morgan fingerprint density at radius 2 is 2.10 bits per heavy atom. The van der Waals surface area contributed by atoms with Crippen molar-refractivity contribution in [3.63, 3.8) is 0 Å². The molecule has 5 nitrogen and oxygen atoms in total. The summed E-state index contributed by atoms with van der Waals surface area (Å²) in [7, 11) is 0. The first-order valence-electron chi connectivity index (χ1n) is 6.49. The van der Waals surface area contributed by atoms with Crippen molar-refractivity contribution in [2.75, 3.05) is 5.32 Å². The van der Waals surface area contributed by atoms with E-state index in [1.807, 2.05) is 6.92 Å². The Morgan fingerprint density at radius 1 is 1.38 bits per heavy atom. The molecule has 0 spiro atoms. The lowest BCUT2D eigenvalue weighted by molar-refractivity contribution is -0.0498. The van der Waals surface area contributed by atoms with Crippen molar-refractivity contribution >= 4 is 11.7 Å². The van der Waals surface area contributed by atoms with Gasteiger partial charge in [0.1, 0.15) is 5.75 Å². The fourth-order valence-electron chi connectivity index (χ4n) is 1.80. The molecular formula is C14H15F2N3O2. The van der Waals surface area contributed by atoms with Gasteiger partial charge in [-0.1, -0.05) is 13.3 Å². The summed E-state index contributed by atoms with van der Waals surface area (Å²) in [6.07, 6.45) is 1.82. The fourth-order valence-corrected chi connectivity index (χ4v) is 1.80. The first-order chi connectivity index (χ1) is 10.1. The molecule has 0 fully saturated rings. The summed E-state index contributed by atoms with van der Waals surface area (Å²) in [6, 6.07) is 7.21. The van der Waals surface area contributed by atoms with E-state index in [4.69, 9.17) is 0 Å². The first kappa shape index (κ1) is 15.0. The molecule has 0 bridgehead atoms. The highest BCUT2D eigenvalue weighted by molar-refractivity contribution is 6.03. The van der Waals surface area contributed by atoms with Crippen LogP contribution in [0.5, 0.6) is 5.75 Å². The molecule has 0 radical (unpaired) electrons. The van der Waals surface area contributed by atoms with Crippen LogP contribution in [0, 0.1) is 0 Å². The van der Waals surface area contributed by atoms with Gasteiger partial charge in [-0.2, -0.15) is 13.9 Å². The Bertz CT molecular complexity index is 597. The van der Waals surface area contributed by atoms with E-state index in [0.29, 0.717) is 11.4 Å². The van der Waals surface area contributed by atoms with E-state index in [1.54, 1.807) is 6.07 Å². The number of benzene rings is 1. The zero-order valence-corrected chi connectivity index (χ0v) is 11.4. The minimum atomic E-state index is -2.88. The highest BCUT2D eigenvalue weighted by atomic mass is 19.3. The number of anilines is 1. The van der Waals surface area contributed by atoms with Gasteiger partial charge in [0.05, 0.1) is 0 Å². The van der Waals surface area contributed by atoms with Crippen LogP contribution in [0.2, 0.25) is 0 Å². The van der Waals surface area contributed by atoms with Crippen molar-refractivity contribution in [1.82, 2.24) is 10.2 Å². The van der Waals surface area contributed by atoms with Crippen molar-refractivity contribution in [2.24, 2.45) is 0 Å². The van der Waals surface area contributed by atoms with Gasteiger partial charge in [0.25, 0.3) is 5.91 Å². The average molecular weight is 295 g/mol. The molecule has 2 aromatic rings. The molecule has 1 amide bonds. The predicted molar refractivity (Wildman–Crippen MR) is 73.6 cm³/mol. The molecule has 7 heteroatoms. The smallest absolute Gasteiger partial charge is 0.387 e. The number of aromatic nitrogens is 2. The van der Waals surface area contributed by atoms with Gasteiger partial charge in [-0.3, -0.25) is 9.89 Å². The minimum Gasteiger partial charge on any atom is -0.435 e. The van der Waals surface area contributed by atoms with Crippen LogP contribution in [-0.4, -0.2) is 22.7 Å². The number of amides is 1. The van der Waals surface area contributed by atoms with E-state index in [0.717, 1.165) is 18.5 Å². The van der Waals surface area contributed by atoms with Crippen molar-refractivity contribution in [3.8, 4) is 5.75 Å². The summed E-state index contributed by atoms with van der Waals surface area (Å²) in [5.41, 5.74) is 1.27. The van der Waals surface area contributed by atoms with Crippen LogP contribution in [-0.2, 0) is 6.42 Å². The molecule has 1 aromatic carbocycles. The van der Waals surface area contributed by atoms with Gasteiger partial charge in [-0.15, -0.1) is 0 Å². The number of hydrogen-bond donors (Lipinski definition) is 2. The Morgan fingerprint density at radius 3 is 2.71 bits per heavy atom. The maximum Gasteiger partial charge on any atom is 0.387 e. The third kappa shape index (κ3) is 4.27. The maximum atomic E-state index is 12.0. The zero-order valence-electron chi connectivity index (χ0n) is 11.4. The third-order valence-corrected chi connectivity index (χ3v) is 2.73. The fraction of sp³-hybridized carbons (Fsp3) is 0.286. The number of nitrogens with one attached hydrogen (secondary N) is 2. The highest BCUT2D eigenvalue weighted by Crippen LogP contribution is 2.16. The van der Waals surface area contributed by atoms with E-state index in [9.17, 15) is 13.6 Å². The second kappa shape index (κ2) is 6.83. The van der Waals surface area contributed by atoms with E-state index < -0.39 is 6.61 Å². The number of halogens is 2. The molecular weight excluding hydrogens is 280 g/mol. The first-order valence-corrected chi connectivity index (χ1v) is 6.49. The second-order valence-electron chi connectivity index (χ2n) is 4.39. The molecule has 112 valence electrons. The van der Waals surface area contributed by atoms with Gasteiger partial charge in [-0.05, 0) is 30.7 Å². The summed E-state index contributed by atoms with van der Waals surface area (Å²) in [6.45, 7) is -0.840. The van der Waals surface area contributed by atoms with E-state index >= 15 is 0 Å². The number of ether oxygens (including phenoxy) is 1. The molecule has 0 aliphatic rings. The lowest BCUT2D eigenvalue weighted by atomic mass is 10.2. The van der Waals surface area contributed by atoms with Gasteiger partial charge in [0.15, 0.2) is 5.82 Å². The Kier molecular flexibility index (Phi) is 4.86. The van der Waals surface area contributed by atoms with Crippen molar-refractivity contribution in [3.05, 3.63) is 41.6 Å². The van der Waals surface area contributed by atoms with Crippen molar-refractivity contribution in [2.45, 2.75) is 26.4 Å². The van der Waals surface area contributed by atoms with Gasteiger partial charge in [0, 0.05) is 17.3 Å². The second-order valence-corrected chi connectivity index (χ2v) is 4.39. The van der Waals surface area contributed by atoms with E-state index in [-0.39, 0.29) is 11.7 Å². The molecule has 1 heterocycles. The Labute approximate surface area is 120 Å². The molecule has 2 N–H and O–H groups in total. The van der Waals surface area contributed by atoms with Crippen LogP contribution >= 0.6 is 0 Å². The highest BCUT2D eigenvalue weighted by Gasteiger charge is 2.10. The van der Waals surface area contributed by atoms with E-state index in [1.165, 1.54) is 24.3 Å². The monoisotopic (exact) mass is 295 g/mol. The zero-order chi connectivity index (χ0) is 15.2. The van der Waals surface area contributed by atoms with Crippen LogP contribution < -0.4 is 10.1 Å². The predicted octanol–water partition coefficient (Wildman–Crippen LogP) is 3.22. The van der Waals surface area contributed by atoms with Crippen LogP contribution in [0.1, 0.15) is 29.4 Å². The van der Waals surface area contributed by atoms with Gasteiger partial charge in [-0.25, -0.2) is 0 Å². The number of carbonyl (C=O) groups is 1. The van der Waals surface area contributed by atoms with Crippen LogP contribution in [0.15, 0.2) is 30.3 Å². The summed E-state index contributed by atoms with van der Waals surface area (Å²) in [5.74, 6) is 0.0658. The molecule has 0 aliphatic carbocycles. The average Bonchev–Trinajstić information content (AvgIpc) is 2.86. The number of aryl methyl sites for hydroxylation is 1. The number of carbonyl (C=O) groups excluding carboxylic acids is 1. The number of aromatic amines is 1. The van der Waals surface area contributed by atoms with Gasteiger partial charge < -0.3 is 10.1 Å². The summed E-state index contributed by atoms with van der Waals surface area (Å²) < 4.78 is 28.3. The van der Waals surface area contributed by atoms with Crippen molar-refractivity contribution < 1.29 is 18.3 Å². The largest absolute Gasteiger partial charge is 0.435 e. The number of alkyl halides is 2. The molecule has 0 saturated heterocycles. The van der Waals surface area contributed by atoms with Gasteiger partial charge >= 0.3 is 6.61 Å². The van der Waals surface area contributed by atoms with Gasteiger partial charge in [0.2, 0.25) is 0 Å². The van der Waals surface area contributed by atoms with Crippen LogP contribution in [0.3, 0.4) is 0 Å². The third-order valence-electron chi connectivity index (χ3n) is 2.73. The molecule has 0 unspecified atom stereocenters. The maximum absolute atomic E-state index is 12.0. The number of rotatable bonds is 6. The molecule has 2 rings (SSSR count). The number of H-pyrrole nitrogens is 1. The molecule has 0 saturated carbocycles. The number of nitrogens with zero attached hydrogens (tertiary/aromatic N) is 1.